The van der Waals surface area contributed by atoms with Crippen molar-refractivity contribution in [2.75, 3.05) is 19.8 Å². The average Bonchev–Trinajstić information content (AvgIpc) is 2.53. The van der Waals surface area contributed by atoms with Crippen molar-refractivity contribution < 1.29 is 8.53 Å². The molecular formula is C18H37AlO2. The molecule has 1 aliphatic rings. The molecular weight excluding hydrogens is 275 g/mol. The second-order valence-corrected chi connectivity index (χ2v) is 9.44. The Kier molecular flexibility index (Phi) is 13.1. The summed E-state index contributed by atoms with van der Waals surface area (Å²) in [5.41, 5.74) is 0. The Bertz CT molecular complexity index is 205. The molecule has 21 heavy (non-hydrogen) atoms. The minimum Gasteiger partial charge on any atom is -0.500 e. The molecule has 0 aromatic heterocycles. The maximum absolute atomic E-state index is 6.43. The zero-order chi connectivity index (χ0) is 15.2. The van der Waals surface area contributed by atoms with Crippen LogP contribution in [-0.2, 0) is 8.53 Å². The van der Waals surface area contributed by atoms with E-state index in [1.165, 1.54) is 74.8 Å². The van der Waals surface area contributed by atoms with E-state index in [0.717, 1.165) is 25.7 Å². The van der Waals surface area contributed by atoms with Crippen LogP contribution < -0.4 is 0 Å². The molecule has 1 aliphatic heterocycles. The van der Waals surface area contributed by atoms with E-state index in [2.05, 4.69) is 13.8 Å². The van der Waals surface area contributed by atoms with Crippen molar-refractivity contribution in [1.82, 2.24) is 0 Å². The molecule has 0 amide bonds. The highest BCUT2D eigenvalue weighted by molar-refractivity contribution is 6.51. The van der Waals surface area contributed by atoms with Gasteiger partial charge in [-0.1, -0.05) is 75.8 Å². The number of ether oxygens (including phenoxy) is 1. The van der Waals surface area contributed by atoms with E-state index < -0.39 is 14.5 Å². The predicted molar refractivity (Wildman–Crippen MR) is 93.1 cm³/mol. The maximum Gasteiger partial charge on any atom is 0.460 e. The summed E-state index contributed by atoms with van der Waals surface area (Å²) in [4.78, 5) is 0. The molecule has 1 fully saturated rings. The van der Waals surface area contributed by atoms with Gasteiger partial charge in [-0.25, -0.2) is 0 Å². The van der Waals surface area contributed by atoms with Crippen molar-refractivity contribution in [3.63, 3.8) is 0 Å². The first-order valence-corrected chi connectivity index (χ1v) is 11.7. The van der Waals surface area contributed by atoms with E-state index in [1.54, 1.807) is 0 Å². The summed E-state index contributed by atoms with van der Waals surface area (Å²) in [5.74, 6) is 0.778. The molecule has 1 rings (SSSR count). The number of hydrogen-bond donors (Lipinski definition) is 0. The third kappa shape index (κ3) is 10.7. The Labute approximate surface area is 137 Å². The van der Waals surface area contributed by atoms with Gasteiger partial charge in [0.25, 0.3) is 0 Å². The molecule has 3 heteroatoms. The predicted octanol–water partition coefficient (Wildman–Crippen LogP) is 5.58. The Morgan fingerprint density at radius 2 is 1.43 bits per heavy atom. The van der Waals surface area contributed by atoms with Gasteiger partial charge < -0.3 is 8.53 Å². The number of unbranched alkanes of at least 4 members (excludes halogenated alkanes) is 6. The zero-order valence-electron chi connectivity index (χ0n) is 14.6. The van der Waals surface area contributed by atoms with Gasteiger partial charge in [0.2, 0.25) is 0 Å². The Hall–Kier alpha value is 0.452. The van der Waals surface area contributed by atoms with E-state index in [1.807, 2.05) is 0 Å². The van der Waals surface area contributed by atoms with Crippen LogP contribution in [-0.4, -0.2) is 34.3 Å². The van der Waals surface area contributed by atoms with Gasteiger partial charge in [0, 0.05) is 19.8 Å². The van der Waals surface area contributed by atoms with E-state index in [-0.39, 0.29) is 0 Å². The molecule has 0 aromatic carbocycles. The maximum atomic E-state index is 6.43. The molecule has 0 spiro atoms. The Balaban J connectivity index is 2.17. The van der Waals surface area contributed by atoms with Crippen LogP contribution >= 0.6 is 0 Å². The summed E-state index contributed by atoms with van der Waals surface area (Å²) in [7, 11) is 0. The second-order valence-electron chi connectivity index (χ2n) is 6.71. The first kappa shape index (κ1) is 19.5. The molecule has 0 N–H and O–H groups in total. The van der Waals surface area contributed by atoms with Crippen molar-refractivity contribution in [2.24, 2.45) is 5.92 Å². The molecule has 124 valence electrons. The van der Waals surface area contributed by atoms with Gasteiger partial charge >= 0.3 is 14.5 Å². The van der Waals surface area contributed by atoms with Gasteiger partial charge in [-0.2, -0.15) is 0 Å². The SMILES string of the molecule is CCCCC[CH2][Al]([CH2]CCCCC)[O]CC1CCOCC1. The van der Waals surface area contributed by atoms with Crippen LogP contribution in [0.25, 0.3) is 0 Å². The van der Waals surface area contributed by atoms with Gasteiger partial charge in [-0.05, 0) is 18.8 Å². The summed E-state index contributed by atoms with van der Waals surface area (Å²) in [6.45, 7) is 7.52. The van der Waals surface area contributed by atoms with Gasteiger partial charge in [0.15, 0.2) is 0 Å². The topological polar surface area (TPSA) is 18.5 Å². The molecule has 0 radical (unpaired) electrons. The van der Waals surface area contributed by atoms with Crippen molar-refractivity contribution in [1.29, 1.82) is 0 Å². The fourth-order valence-electron chi connectivity index (χ4n) is 3.09. The number of rotatable bonds is 13. The third-order valence-electron chi connectivity index (χ3n) is 4.67. The first-order chi connectivity index (χ1) is 10.4. The van der Waals surface area contributed by atoms with E-state index in [4.69, 9.17) is 8.53 Å². The third-order valence-corrected chi connectivity index (χ3v) is 7.44. The van der Waals surface area contributed by atoms with Crippen LogP contribution in [0.4, 0.5) is 0 Å². The lowest BCUT2D eigenvalue weighted by atomic mass is 10.0. The fourth-order valence-corrected chi connectivity index (χ4v) is 5.75. The van der Waals surface area contributed by atoms with E-state index in [0.29, 0.717) is 0 Å². The average molecular weight is 312 g/mol. The Morgan fingerprint density at radius 3 is 1.95 bits per heavy atom. The van der Waals surface area contributed by atoms with Crippen molar-refractivity contribution >= 4 is 14.5 Å². The molecule has 2 nitrogen and oxygen atoms in total. The van der Waals surface area contributed by atoms with Crippen molar-refractivity contribution in [3.8, 4) is 0 Å². The normalized spacial score (nSPS) is 16.3. The second kappa shape index (κ2) is 14.1. The van der Waals surface area contributed by atoms with E-state index in [9.17, 15) is 0 Å². The van der Waals surface area contributed by atoms with Crippen LogP contribution in [0, 0.1) is 5.92 Å². The van der Waals surface area contributed by atoms with Crippen molar-refractivity contribution in [2.45, 2.75) is 88.6 Å². The lowest BCUT2D eigenvalue weighted by Crippen LogP contribution is -2.26. The van der Waals surface area contributed by atoms with Crippen LogP contribution in [0.3, 0.4) is 0 Å². The first-order valence-electron chi connectivity index (χ1n) is 9.56. The van der Waals surface area contributed by atoms with Crippen LogP contribution in [0.5, 0.6) is 0 Å². The summed E-state index contributed by atoms with van der Waals surface area (Å²) >= 11 is -0.931. The lowest BCUT2D eigenvalue weighted by molar-refractivity contribution is 0.0491. The lowest BCUT2D eigenvalue weighted by Gasteiger charge is -2.24. The van der Waals surface area contributed by atoms with Crippen LogP contribution in [0.15, 0.2) is 0 Å². The van der Waals surface area contributed by atoms with Gasteiger partial charge in [-0.3, -0.25) is 0 Å². The summed E-state index contributed by atoms with van der Waals surface area (Å²) in [6.07, 6.45) is 13.6. The minimum atomic E-state index is -0.931. The summed E-state index contributed by atoms with van der Waals surface area (Å²) in [6, 6.07) is 0. The highest BCUT2D eigenvalue weighted by atomic mass is 27.2. The van der Waals surface area contributed by atoms with Crippen molar-refractivity contribution in [3.05, 3.63) is 0 Å². The largest absolute Gasteiger partial charge is 0.500 e. The molecule has 0 unspecified atom stereocenters. The molecule has 0 aliphatic carbocycles. The van der Waals surface area contributed by atoms with Crippen LogP contribution in [0.2, 0.25) is 10.6 Å². The smallest absolute Gasteiger partial charge is 0.460 e. The summed E-state index contributed by atoms with van der Waals surface area (Å²) in [5, 5.41) is 2.82. The van der Waals surface area contributed by atoms with E-state index >= 15 is 0 Å². The molecule has 0 atom stereocenters. The fraction of sp³-hybridized carbons (Fsp3) is 1.00. The summed E-state index contributed by atoms with van der Waals surface area (Å²) < 4.78 is 11.9. The molecule has 0 bridgehead atoms. The van der Waals surface area contributed by atoms with Crippen LogP contribution in [0.1, 0.15) is 78.1 Å². The Morgan fingerprint density at radius 1 is 0.857 bits per heavy atom. The highest BCUT2D eigenvalue weighted by Gasteiger charge is 2.22. The monoisotopic (exact) mass is 312 g/mol. The standard InChI is InChI=1S/C6H11O2.2C6H13.Al/c7-5-6-1-3-8-4-2-6;2*1-3-5-6-4-2;/h6H,1-5H2;2*1,3-6H2,2H3;/q-1;;;+1. The highest BCUT2D eigenvalue weighted by Crippen LogP contribution is 2.19. The molecule has 0 aromatic rings. The minimum absolute atomic E-state index is 0.778. The number of hydrogen-bond acceptors (Lipinski definition) is 2. The molecule has 1 saturated heterocycles. The quantitative estimate of drug-likeness (QED) is 0.326. The molecule has 0 saturated carbocycles. The van der Waals surface area contributed by atoms with Gasteiger partial charge in [0.1, 0.15) is 0 Å². The zero-order valence-corrected chi connectivity index (χ0v) is 15.7. The van der Waals surface area contributed by atoms with Gasteiger partial charge in [0.05, 0.1) is 0 Å². The van der Waals surface area contributed by atoms with Gasteiger partial charge in [-0.15, -0.1) is 0 Å². The molecule has 1 heterocycles.